The fraction of sp³-hybridized carbons (Fsp3) is 0.438. The first-order valence-corrected chi connectivity index (χ1v) is 7.64. The molecule has 1 aromatic heterocycles. The van der Waals surface area contributed by atoms with Gasteiger partial charge in [0.15, 0.2) is 0 Å². The van der Waals surface area contributed by atoms with Crippen LogP contribution >= 0.6 is 11.6 Å². The molecule has 0 aliphatic heterocycles. The molecule has 0 atom stereocenters. The third kappa shape index (κ3) is 2.42. The molecule has 0 spiro atoms. The van der Waals surface area contributed by atoms with Crippen LogP contribution in [0.2, 0.25) is 5.02 Å². The molecule has 0 saturated carbocycles. The number of hydrogen-bond donors (Lipinski definition) is 1. The van der Waals surface area contributed by atoms with Gasteiger partial charge < -0.3 is 5.32 Å². The number of aryl methyl sites for hydroxylation is 4. The van der Waals surface area contributed by atoms with E-state index in [-0.39, 0.29) is 0 Å². The molecule has 0 unspecified atom stereocenters. The first-order chi connectivity index (χ1) is 9.69. The zero-order valence-electron chi connectivity index (χ0n) is 12.0. The summed E-state index contributed by atoms with van der Waals surface area (Å²) in [4.78, 5) is 0. The Hall–Kier alpha value is -1.48. The van der Waals surface area contributed by atoms with Crippen LogP contribution in [0.1, 0.15) is 35.9 Å². The first kappa shape index (κ1) is 13.5. The Labute approximate surface area is 124 Å². The number of hydrogen-bond acceptors (Lipinski definition) is 2. The van der Waals surface area contributed by atoms with Crippen molar-refractivity contribution in [2.24, 2.45) is 0 Å². The summed E-state index contributed by atoms with van der Waals surface area (Å²) in [5.41, 5.74) is 6.12. The molecule has 106 valence electrons. The average Bonchev–Trinajstić information content (AvgIpc) is 3.02. The summed E-state index contributed by atoms with van der Waals surface area (Å²) in [6.07, 6.45) is 3.72. The van der Waals surface area contributed by atoms with Gasteiger partial charge >= 0.3 is 0 Å². The van der Waals surface area contributed by atoms with Crippen LogP contribution < -0.4 is 5.32 Å². The summed E-state index contributed by atoms with van der Waals surface area (Å²) >= 11 is 6.33. The fourth-order valence-electron chi connectivity index (χ4n) is 2.91. The van der Waals surface area contributed by atoms with Crippen molar-refractivity contribution < 1.29 is 0 Å². The van der Waals surface area contributed by atoms with Crippen molar-refractivity contribution >= 4 is 17.3 Å². The second kappa shape index (κ2) is 5.49. The Morgan fingerprint density at radius 2 is 2.10 bits per heavy atom. The van der Waals surface area contributed by atoms with E-state index in [4.69, 9.17) is 11.6 Å². The topological polar surface area (TPSA) is 29.9 Å². The first-order valence-electron chi connectivity index (χ1n) is 7.26. The third-order valence-electron chi connectivity index (χ3n) is 4.01. The van der Waals surface area contributed by atoms with Gasteiger partial charge in [-0.15, -0.1) is 0 Å². The molecular weight excluding hydrogens is 270 g/mol. The van der Waals surface area contributed by atoms with E-state index in [1.54, 1.807) is 0 Å². The maximum Gasteiger partial charge on any atom is 0.0865 e. The van der Waals surface area contributed by atoms with Gasteiger partial charge in [-0.25, -0.2) is 0 Å². The Morgan fingerprint density at radius 3 is 2.90 bits per heavy atom. The van der Waals surface area contributed by atoms with Crippen LogP contribution in [0.3, 0.4) is 0 Å². The lowest BCUT2D eigenvalue weighted by molar-refractivity contribution is 0.623. The number of benzene rings is 1. The van der Waals surface area contributed by atoms with Gasteiger partial charge in [0, 0.05) is 12.2 Å². The van der Waals surface area contributed by atoms with Crippen LogP contribution in [0.5, 0.6) is 0 Å². The summed E-state index contributed by atoms with van der Waals surface area (Å²) in [6, 6.07) is 6.68. The van der Waals surface area contributed by atoms with Crippen LogP contribution in [0.4, 0.5) is 5.69 Å². The van der Waals surface area contributed by atoms with Gasteiger partial charge in [-0.2, -0.15) is 5.10 Å². The van der Waals surface area contributed by atoms with E-state index in [9.17, 15) is 0 Å². The lowest BCUT2D eigenvalue weighted by Crippen LogP contribution is -2.08. The monoisotopic (exact) mass is 289 g/mol. The van der Waals surface area contributed by atoms with Crippen LogP contribution in [-0.2, 0) is 25.9 Å². The van der Waals surface area contributed by atoms with Gasteiger partial charge in [0.05, 0.1) is 23.0 Å². The van der Waals surface area contributed by atoms with Gasteiger partial charge in [-0.1, -0.05) is 17.7 Å². The van der Waals surface area contributed by atoms with Gasteiger partial charge in [0.2, 0.25) is 0 Å². The zero-order valence-corrected chi connectivity index (χ0v) is 12.8. The Kier molecular flexibility index (Phi) is 3.70. The number of aromatic nitrogens is 2. The number of nitrogens with zero attached hydrogens (tertiary/aromatic N) is 2. The third-order valence-corrected chi connectivity index (χ3v) is 4.50. The molecule has 1 heterocycles. The molecule has 3 rings (SSSR count). The molecule has 2 aromatic rings. The summed E-state index contributed by atoms with van der Waals surface area (Å²) in [5.74, 6) is 0. The minimum Gasteiger partial charge on any atom is -0.379 e. The van der Waals surface area contributed by atoms with Crippen molar-refractivity contribution in [1.82, 2.24) is 9.78 Å². The number of fused-ring (bicyclic) bond motifs is 1. The van der Waals surface area contributed by atoms with Gasteiger partial charge in [-0.3, -0.25) is 4.68 Å². The largest absolute Gasteiger partial charge is 0.379 e. The van der Waals surface area contributed by atoms with Crippen LogP contribution in [0, 0.1) is 6.92 Å². The highest BCUT2D eigenvalue weighted by Crippen LogP contribution is 2.26. The Bertz CT molecular complexity index is 631. The highest BCUT2D eigenvalue weighted by molar-refractivity contribution is 6.31. The van der Waals surface area contributed by atoms with Crippen molar-refractivity contribution in [3.63, 3.8) is 0 Å². The van der Waals surface area contributed by atoms with Crippen LogP contribution in [-0.4, -0.2) is 9.78 Å². The highest BCUT2D eigenvalue weighted by Gasteiger charge is 2.13. The minimum absolute atomic E-state index is 0.715. The molecule has 1 aliphatic rings. The van der Waals surface area contributed by atoms with Crippen molar-refractivity contribution in [2.45, 2.75) is 46.2 Å². The molecule has 0 saturated heterocycles. The summed E-state index contributed by atoms with van der Waals surface area (Å²) in [6.45, 7) is 5.59. The molecule has 4 heteroatoms. The molecule has 0 amide bonds. The molecule has 0 bridgehead atoms. The second-order valence-corrected chi connectivity index (χ2v) is 5.73. The van der Waals surface area contributed by atoms with E-state index in [1.165, 1.54) is 36.1 Å². The smallest absolute Gasteiger partial charge is 0.0865 e. The van der Waals surface area contributed by atoms with E-state index in [1.807, 2.05) is 11.6 Å². The van der Waals surface area contributed by atoms with Crippen LogP contribution in [0.25, 0.3) is 0 Å². The maximum atomic E-state index is 6.33. The number of anilines is 1. The number of nitrogens with one attached hydrogen (secondary N) is 1. The number of rotatable bonds is 4. The quantitative estimate of drug-likeness (QED) is 0.923. The Balaban J connectivity index is 1.77. The van der Waals surface area contributed by atoms with E-state index < -0.39 is 0 Å². The summed E-state index contributed by atoms with van der Waals surface area (Å²) in [5, 5.41) is 8.70. The van der Waals surface area contributed by atoms with E-state index in [0.717, 1.165) is 23.0 Å². The highest BCUT2D eigenvalue weighted by atomic mass is 35.5. The summed E-state index contributed by atoms with van der Waals surface area (Å²) < 4.78 is 1.97. The SMILES string of the molecule is CCn1nc(C)c(Cl)c1CNc1ccc2c(c1)CCC2. The predicted molar refractivity (Wildman–Crippen MR) is 83.4 cm³/mol. The molecule has 0 radical (unpaired) electrons. The molecule has 3 nitrogen and oxygen atoms in total. The minimum atomic E-state index is 0.715. The standard InChI is InChI=1S/C16H20ClN3/c1-3-20-15(16(17)11(2)19-20)10-18-14-8-7-12-5-4-6-13(12)9-14/h7-9,18H,3-6,10H2,1-2H3. The van der Waals surface area contributed by atoms with Crippen molar-refractivity contribution in [1.29, 1.82) is 0 Å². The Morgan fingerprint density at radius 1 is 1.30 bits per heavy atom. The van der Waals surface area contributed by atoms with Gasteiger partial charge in [0.1, 0.15) is 0 Å². The molecule has 1 N–H and O–H groups in total. The summed E-state index contributed by atoms with van der Waals surface area (Å²) in [7, 11) is 0. The van der Waals surface area contributed by atoms with E-state index >= 15 is 0 Å². The normalized spacial score (nSPS) is 13.6. The lowest BCUT2D eigenvalue weighted by Gasteiger charge is -2.10. The zero-order chi connectivity index (χ0) is 14.1. The van der Waals surface area contributed by atoms with Crippen LogP contribution in [0.15, 0.2) is 18.2 Å². The van der Waals surface area contributed by atoms with Crippen molar-refractivity contribution in [2.75, 3.05) is 5.32 Å². The average molecular weight is 290 g/mol. The van der Waals surface area contributed by atoms with E-state index in [0.29, 0.717) is 6.54 Å². The maximum absolute atomic E-state index is 6.33. The number of halogens is 1. The lowest BCUT2D eigenvalue weighted by atomic mass is 10.1. The molecular formula is C16H20ClN3. The van der Waals surface area contributed by atoms with Crippen molar-refractivity contribution in [3.05, 3.63) is 45.7 Å². The molecule has 0 fully saturated rings. The van der Waals surface area contributed by atoms with Gasteiger partial charge in [0.25, 0.3) is 0 Å². The molecule has 1 aliphatic carbocycles. The molecule has 1 aromatic carbocycles. The van der Waals surface area contributed by atoms with Gasteiger partial charge in [-0.05, 0) is 56.4 Å². The second-order valence-electron chi connectivity index (χ2n) is 5.35. The van der Waals surface area contributed by atoms with E-state index in [2.05, 4.69) is 35.5 Å². The predicted octanol–water partition coefficient (Wildman–Crippen LogP) is 3.97. The fourth-order valence-corrected chi connectivity index (χ4v) is 3.11. The van der Waals surface area contributed by atoms with Crippen molar-refractivity contribution in [3.8, 4) is 0 Å². The molecule has 20 heavy (non-hydrogen) atoms.